The normalized spacial score (nSPS) is 11.4. The summed E-state index contributed by atoms with van der Waals surface area (Å²) < 4.78 is 1.47. The molecule has 100 valence electrons. The highest BCUT2D eigenvalue weighted by Crippen LogP contribution is 2.14. The Morgan fingerprint density at radius 2 is 1.95 bits per heavy atom. The van der Waals surface area contributed by atoms with E-state index in [1.807, 2.05) is 12.1 Å². The molecular formula is C14H16ClN3O. The van der Waals surface area contributed by atoms with E-state index in [1.54, 1.807) is 18.5 Å². The maximum atomic E-state index is 11.7. The van der Waals surface area contributed by atoms with Gasteiger partial charge < -0.3 is 5.32 Å². The molecule has 0 amide bonds. The zero-order valence-electron chi connectivity index (χ0n) is 11.1. The van der Waals surface area contributed by atoms with E-state index in [2.05, 4.69) is 31.1 Å². The van der Waals surface area contributed by atoms with E-state index in [-0.39, 0.29) is 11.1 Å². The molecule has 0 saturated carbocycles. The van der Waals surface area contributed by atoms with E-state index in [0.29, 0.717) is 10.7 Å². The van der Waals surface area contributed by atoms with Crippen LogP contribution in [0.25, 0.3) is 5.69 Å². The molecule has 0 saturated heterocycles. The first-order valence-corrected chi connectivity index (χ1v) is 6.36. The summed E-state index contributed by atoms with van der Waals surface area (Å²) in [6, 6.07) is 6.68. The Kier molecular flexibility index (Phi) is 3.62. The van der Waals surface area contributed by atoms with Crippen LogP contribution in [0.1, 0.15) is 20.8 Å². The van der Waals surface area contributed by atoms with Crippen LogP contribution in [0.4, 0.5) is 5.82 Å². The molecule has 2 aromatic rings. The summed E-state index contributed by atoms with van der Waals surface area (Å²) >= 11 is 5.89. The van der Waals surface area contributed by atoms with E-state index in [9.17, 15) is 4.79 Å². The molecule has 0 fully saturated rings. The van der Waals surface area contributed by atoms with Gasteiger partial charge in [0.25, 0.3) is 5.56 Å². The number of halogens is 1. The summed E-state index contributed by atoms with van der Waals surface area (Å²) in [6.45, 7) is 6.18. The minimum atomic E-state index is -0.136. The lowest BCUT2D eigenvalue weighted by Crippen LogP contribution is -2.26. The van der Waals surface area contributed by atoms with Gasteiger partial charge in [0.05, 0.1) is 16.9 Å². The predicted octanol–water partition coefficient (Wildman–Crippen LogP) is 3.10. The molecule has 2 aromatic heterocycles. The molecule has 0 aliphatic heterocycles. The Balaban J connectivity index is 2.33. The second kappa shape index (κ2) is 5.05. The number of pyridine rings is 2. The second-order valence-corrected chi connectivity index (χ2v) is 5.77. The van der Waals surface area contributed by atoms with E-state index < -0.39 is 0 Å². The van der Waals surface area contributed by atoms with Crippen molar-refractivity contribution >= 4 is 17.4 Å². The van der Waals surface area contributed by atoms with Crippen LogP contribution in [-0.2, 0) is 0 Å². The standard InChI is InChI=1S/C14H16ClN3O/c1-14(2,3)17-12-6-5-11(8-16-12)18-9-10(15)4-7-13(18)19/h4-9H,1-3H3,(H,16,17). The highest BCUT2D eigenvalue weighted by Gasteiger charge is 2.10. The Bertz CT molecular complexity index is 626. The Morgan fingerprint density at radius 3 is 2.53 bits per heavy atom. The molecule has 0 unspecified atom stereocenters. The number of anilines is 1. The molecule has 0 spiro atoms. The third-order valence-electron chi connectivity index (χ3n) is 2.40. The minimum absolute atomic E-state index is 0.0542. The van der Waals surface area contributed by atoms with Gasteiger partial charge in [-0.15, -0.1) is 0 Å². The molecule has 0 aliphatic carbocycles. The summed E-state index contributed by atoms with van der Waals surface area (Å²) in [5.74, 6) is 0.770. The van der Waals surface area contributed by atoms with E-state index >= 15 is 0 Å². The Hall–Kier alpha value is -1.81. The van der Waals surface area contributed by atoms with Crippen molar-refractivity contribution in [2.45, 2.75) is 26.3 Å². The summed E-state index contributed by atoms with van der Waals surface area (Å²) in [6.07, 6.45) is 3.23. The molecule has 0 bridgehead atoms. The minimum Gasteiger partial charge on any atom is -0.365 e. The van der Waals surface area contributed by atoms with Crippen molar-refractivity contribution in [2.24, 2.45) is 0 Å². The summed E-state index contributed by atoms with van der Waals surface area (Å²) in [5, 5.41) is 3.77. The van der Waals surface area contributed by atoms with E-state index in [4.69, 9.17) is 11.6 Å². The van der Waals surface area contributed by atoms with Crippen LogP contribution in [0.15, 0.2) is 41.5 Å². The smallest absolute Gasteiger partial charge is 0.255 e. The molecule has 1 N–H and O–H groups in total. The van der Waals surface area contributed by atoms with Crippen LogP contribution < -0.4 is 10.9 Å². The van der Waals surface area contributed by atoms with Crippen molar-refractivity contribution in [1.29, 1.82) is 0 Å². The fourth-order valence-corrected chi connectivity index (χ4v) is 1.81. The summed E-state index contributed by atoms with van der Waals surface area (Å²) in [4.78, 5) is 16.0. The summed E-state index contributed by atoms with van der Waals surface area (Å²) in [7, 11) is 0. The van der Waals surface area contributed by atoms with Gasteiger partial charge in [-0.3, -0.25) is 9.36 Å². The number of hydrogen-bond donors (Lipinski definition) is 1. The molecule has 2 heterocycles. The summed E-state index contributed by atoms with van der Waals surface area (Å²) in [5.41, 5.74) is 0.496. The molecule has 0 aliphatic rings. The Labute approximate surface area is 117 Å². The highest BCUT2D eigenvalue weighted by atomic mass is 35.5. The number of aromatic nitrogens is 2. The van der Waals surface area contributed by atoms with Crippen LogP contribution in [0, 0.1) is 0 Å². The maximum absolute atomic E-state index is 11.7. The van der Waals surface area contributed by atoms with Gasteiger partial charge in [0.1, 0.15) is 5.82 Å². The number of rotatable bonds is 2. The maximum Gasteiger partial charge on any atom is 0.255 e. The number of nitrogens with zero attached hydrogens (tertiary/aromatic N) is 2. The van der Waals surface area contributed by atoms with Crippen LogP contribution in [0.3, 0.4) is 0 Å². The van der Waals surface area contributed by atoms with Crippen molar-refractivity contribution in [3.05, 3.63) is 52.0 Å². The average molecular weight is 278 g/mol. The zero-order chi connectivity index (χ0) is 14.0. The van der Waals surface area contributed by atoms with Gasteiger partial charge in [0.2, 0.25) is 0 Å². The molecule has 0 aromatic carbocycles. The lowest BCUT2D eigenvalue weighted by atomic mass is 10.1. The first-order chi connectivity index (χ1) is 8.85. The molecule has 0 atom stereocenters. The van der Waals surface area contributed by atoms with Crippen molar-refractivity contribution < 1.29 is 0 Å². The fraction of sp³-hybridized carbons (Fsp3) is 0.286. The van der Waals surface area contributed by atoms with Crippen LogP contribution in [-0.4, -0.2) is 15.1 Å². The van der Waals surface area contributed by atoms with Gasteiger partial charge in [-0.1, -0.05) is 11.6 Å². The first kappa shape index (κ1) is 13.6. The topological polar surface area (TPSA) is 46.9 Å². The van der Waals surface area contributed by atoms with Crippen LogP contribution >= 0.6 is 11.6 Å². The van der Waals surface area contributed by atoms with E-state index in [0.717, 1.165) is 5.82 Å². The molecule has 0 radical (unpaired) electrons. The van der Waals surface area contributed by atoms with Crippen molar-refractivity contribution in [3.8, 4) is 5.69 Å². The quantitative estimate of drug-likeness (QED) is 0.917. The fourth-order valence-electron chi connectivity index (χ4n) is 1.65. The van der Waals surface area contributed by atoms with Crippen molar-refractivity contribution in [3.63, 3.8) is 0 Å². The molecule has 2 rings (SSSR count). The molecule has 19 heavy (non-hydrogen) atoms. The van der Waals surface area contributed by atoms with Crippen LogP contribution in [0.2, 0.25) is 5.02 Å². The second-order valence-electron chi connectivity index (χ2n) is 5.33. The van der Waals surface area contributed by atoms with Gasteiger partial charge in [0.15, 0.2) is 0 Å². The SMILES string of the molecule is CC(C)(C)Nc1ccc(-n2cc(Cl)ccc2=O)cn1. The van der Waals surface area contributed by atoms with Gasteiger partial charge in [0, 0.05) is 17.8 Å². The third-order valence-corrected chi connectivity index (χ3v) is 2.63. The molecule has 4 nitrogen and oxygen atoms in total. The first-order valence-electron chi connectivity index (χ1n) is 5.98. The number of hydrogen-bond acceptors (Lipinski definition) is 3. The monoisotopic (exact) mass is 277 g/mol. The van der Waals surface area contributed by atoms with Gasteiger partial charge >= 0.3 is 0 Å². The third kappa shape index (κ3) is 3.58. The van der Waals surface area contributed by atoms with Crippen molar-refractivity contribution in [2.75, 3.05) is 5.32 Å². The van der Waals surface area contributed by atoms with Crippen LogP contribution in [0.5, 0.6) is 0 Å². The zero-order valence-corrected chi connectivity index (χ0v) is 11.9. The highest BCUT2D eigenvalue weighted by molar-refractivity contribution is 6.30. The van der Waals surface area contributed by atoms with Gasteiger partial charge in [-0.2, -0.15) is 0 Å². The predicted molar refractivity (Wildman–Crippen MR) is 78.2 cm³/mol. The van der Waals surface area contributed by atoms with E-state index in [1.165, 1.54) is 10.6 Å². The molecular weight excluding hydrogens is 262 g/mol. The lowest BCUT2D eigenvalue weighted by molar-refractivity contribution is 0.630. The van der Waals surface area contributed by atoms with Gasteiger partial charge in [-0.05, 0) is 39.0 Å². The largest absolute Gasteiger partial charge is 0.365 e. The van der Waals surface area contributed by atoms with Gasteiger partial charge in [-0.25, -0.2) is 4.98 Å². The number of nitrogens with one attached hydrogen (secondary N) is 1. The van der Waals surface area contributed by atoms with Crippen molar-refractivity contribution in [1.82, 2.24) is 9.55 Å². The lowest BCUT2D eigenvalue weighted by Gasteiger charge is -2.21. The average Bonchev–Trinajstić information content (AvgIpc) is 2.31. The molecule has 5 heteroatoms. The Morgan fingerprint density at radius 1 is 1.21 bits per heavy atom.